The predicted octanol–water partition coefficient (Wildman–Crippen LogP) is 3.60. The zero-order valence-electron chi connectivity index (χ0n) is 21.2. The first kappa shape index (κ1) is 26.1. The average molecular weight is 508 g/mol. The van der Waals surface area contributed by atoms with Gasteiger partial charge in [-0.2, -0.15) is 0 Å². The van der Waals surface area contributed by atoms with Gasteiger partial charge in [0.15, 0.2) is 11.5 Å². The molecule has 0 unspecified atom stereocenters. The molecule has 1 atom stereocenters. The smallest absolute Gasteiger partial charge is 0.306 e. The number of rotatable bonds is 8. The molecule has 196 valence electrons. The van der Waals surface area contributed by atoms with Crippen LogP contribution in [0.3, 0.4) is 0 Å². The van der Waals surface area contributed by atoms with E-state index in [0.29, 0.717) is 23.5 Å². The van der Waals surface area contributed by atoms with Crippen LogP contribution in [-0.4, -0.2) is 51.0 Å². The Kier molecular flexibility index (Phi) is 8.01. The Morgan fingerprint density at radius 1 is 1.05 bits per heavy atom. The zero-order valence-corrected chi connectivity index (χ0v) is 21.2. The highest BCUT2D eigenvalue weighted by Gasteiger charge is 2.30. The molecule has 0 bridgehead atoms. The number of methoxy groups -OCH3 is 1. The van der Waals surface area contributed by atoms with Crippen LogP contribution in [0.25, 0.3) is 0 Å². The van der Waals surface area contributed by atoms with Gasteiger partial charge in [0.1, 0.15) is 11.6 Å². The summed E-state index contributed by atoms with van der Waals surface area (Å²) in [6.07, 6.45) is 5.20. The molecule has 0 radical (unpaired) electrons. The van der Waals surface area contributed by atoms with E-state index in [9.17, 15) is 24.9 Å². The van der Waals surface area contributed by atoms with Crippen LogP contribution in [0, 0.1) is 6.92 Å². The van der Waals surface area contributed by atoms with E-state index in [-0.39, 0.29) is 35.8 Å². The van der Waals surface area contributed by atoms with Crippen LogP contribution in [-0.2, 0) is 22.5 Å². The molecule has 1 aliphatic rings. The first-order valence-corrected chi connectivity index (χ1v) is 12.5. The summed E-state index contributed by atoms with van der Waals surface area (Å²) in [6.45, 7) is 3.67. The Bertz CT molecular complexity index is 1330. The largest absolute Gasteiger partial charge is 0.507 e. The van der Waals surface area contributed by atoms with Gasteiger partial charge in [0.25, 0.3) is 5.56 Å². The fraction of sp³-hybridized carbons (Fsp3) is 0.393. The summed E-state index contributed by atoms with van der Waals surface area (Å²) in [6, 6.07) is 9.70. The number of phenolic OH excluding ortho intramolecular Hbond substituents is 2. The number of benzene rings is 1. The molecule has 1 fully saturated rings. The number of aromatic nitrogens is 2. The summed E-state index contributed by atoms with van der Waals surface area (Å²) in [5.41, 5.74) is 1.72. The number of piperidine rings is 1. The standard InChI is InChI=1S/C28H33N3O6/c1-18-15-24(34)26(28(36)31(18)14-10-19-8-9-22(32)23(33)16-19)21(17-25(35)37-2)20-7-6-11-29-27(20)30-12-4-3-5-13-30/h6-9,11,15-16,21,32-34H,3-5,10,12-14,17H2,1-2H3/t21-/m0/s1. The third-order valence-electron chi connectivity index (χ3n) is 6.98. The maximum absolute atomic E-state index is 13.9. The second-order valence-corrected chi connectivity index (χ2v) is 9.41. The second-order valence-electron chi connectivity index (χ2n) is 9.41. The SMILES string of the molecule is COC(=O)C[C@@H](c1cccnc1N1CCCCC1)c1c(O)cc(C)n(CCc2ccc(O)c(O)c2)c1=O. The van der Waals surface area contributed by atoms with E-state index in [1.807, 2.05) is 6.07 Å². The molecule has 1 saturated heterocycles. The molecule has 0 spiro atoms. The molecule has 0 saturated carbocycles. The van der Waals surface area contributed by atoms with Crippen LogP contribution in [0.1, 0.15) is 54.0 Å². The minimum absolute atomic E-state index is 0.121. The normalized spacial score (nSPS) is 14.4. The molecule has 3 N–H and O–H groups in total. The van der Waals surface area contributed by atoms with E-state index < -0.39 is 17.4 Å². The number of ether oxygens (including phenoxy) is 1. The van der Waals surface area contributed by atoms with Gasteiger partial charge in [0.05, 0.1) is 19.1 Å². The van der Waals surface area contributed by atoms with E-state index in [1.54, 1.807) is 29.8 Å². The van der Waals surface area contributed by atoms with Crippen molar-refractivity contribution in [2.45, 2.75) is 51.5 Å². The molecule has 9 nitrogen and oxygen atoms in total. The fourth-order valence-electron chi connectivity index (χ4n) is 5.01. The maximum Gasteiger partial charge on any atom is 0.306 e. The molecule has 2 aromatic heterocycles. The summed E-state index contributed by atoms with van der Waals surface area (Å²) in [5, 5.41) is 30.4. The first-order valence-electron chi connectivity index (χ1n) is 12.5. The summed E-state index contributed by atoms with van der Waals surface area (Å²) < 4.78 is 6.52. The molecular formula is C28H33N3O6. The quantitative estimate of drug-likeness (QED) is 0.312. The van der Waals surface area contributed by atoms with E-state index >= 15 is 0 Å². The maximum atomic E-state index is 13.9. The Balaban J connectivity index is 1.77. The number of pyridine rings is 2. The van der Waals surface area contributed by atoms with Gasteiger partial charge in [-0.15, -0.1) is 0 Å². The van der Waals surface area contributed by atoms with E-state index in [1.165, 1.54) is 25.3 Å². The Morgan fingerprint density at radius 2 is 1.81 bits per heavy atom. The highest BCUT2D eigenvalue weighted by atomic mass is 16.5. The van der Waals surface area contributed by atoms with Gasteiger partial charge < -0.3 is 29.5 Å². The molecule has 3 heterocycles. The van der Waals surface area contributed by atoms with Crippen LogP contribution in [0.15, 0.2) is 47.4 Å². The van der Waals surface area contributed by atoms with Gasteiger partial charge in [-0.1, -0.05) is 12.1 Å². The number of carbonyl (C=O) groups is 1. The highest BCUT2D eigenvalue weighted by Crippen LogP contribution is 2.37. The summed E-state index contributed by atoms with van der Waals surface area (Å²) in [7, 11) is 1.30. The van der Waals surface area contributed by atoms with Gasteiger partial charge in [0, 0.05) is 43.0 Å². The summed E-state index contributed by atoms with van der Waals surface area (Å²) in [5.74, 6) is -1.16. The molecule has 3 aromatic rings. The number of aromatic hydroxyl groups is 3. The molecule has 37 heavy (non-hydrogen) atoms. The third-order valence-corrected chi connectivity index (χ3v) is 6.98. The second kappa shape index (κ2) is 11.4. The van der Waals surface area contributed by atoms with Crippen molar-refractivity contribution in [3.05, 3.63) is 75.3 Å². The molecule has 1 aromatic carbocycles. The van der Waals surface area contributed by atoms with Crippen molar-refractivity contribution in [2.75, 3.05) is 25.1 Å². The van der Waals surface area contributed by atoms with Crippen molar-refractivity contribution in [2.24, 2.45) is 0 Å². The lowest BCUT2D eigenvalue weighted by molar-refractivity contribution is -0.140. The van der Waals surface area contributed by atoms with Crippen LogP contribution in [0.5, 0.6) is 17.2 Å². The highest BCUT2D eigenvalue weighted by molar-refractivity contribution is 5.72. The Hall–Kier alpha value is -4.01. The van der Waals surface area contributed by atoms with Crippen molar-refractivity contribution >= 4 is 11.8 Å². The fourth-order valence-corrected chi connectivity index (χ4v) is 5.01. The zero-order chi connectivity index (χ0) is 26.5. The van der Waals surface area contributed by atoms with Gasteiger partial charge in [-0.3, -0.25) is 9.59 Å². The predicted molar refractivity (Wildman–Crippen MR) is 139 cm³/mol. The van der Waals surface area contributed by atoms with Crippen LogP contribution in [0.4, 0.5) is 5.82 Å². The number of hydrogen-bond acceptors (Lipinski definition) is 8. The van der Waals surface area contributed by atoms with E-state index in [4.69, 9.17) is 4.74 Å². The lowest BCUT2D eigenvalue weighted by Gasteiger charge is -2.31. The van der Waals surface area contributed by atoms with Crippen molar-refractivity contribution in [1.29, 1.82) is 0 Å². The minimum Gasteiger partial charge on any atom is -0.507 e. The number of carbonyl (C=O) groups excluding carboxylic acids is 1. The minimum atomic E-state index is -0.754. The summed E-state index contributed by atoms with van der Waals surface area (Å²) >= 11 is 0. The number of hydrogen-bond donors (Lipinski definition) is 3. The first-order chi connectivity index (χ1) is 17.8. The van der Waals surface area contributed by atoms with Crippen LogP contribution < -0.4 is 10.5 Å². The van der Waals surface area contributed by atoms with Crippen molar-refractivity contribution in [1.82, 2.24) is 9.55 Å². The van der Waals surface area contributed by atoms with Crippen LogP contribution in [0.2, 0.25) is 0 Å². The van der Waals surface area contributed by atoms with Crippen molar-refractivity contribution in [3.8, 4) is 17.2 Å². The number of anilines is 1. The van der Waals surface area contributed by atoms with Gasteiger partial charge in [-0.25, -0.2) is 4.98 Å². The third kappa shape index (κ3) is 5.71. The van der Waals surface area contributed by atoms with Gasteiger partial charge >= 0.3 is 5.97 Å². The molecule has 4 rings (SSSR count). The molecular weight excluding hydrogens is 474 g/mol. The number of phenols is 2. The van der Waals surface area contributed by atoms with E-state index in [0.717, 1.165) is 37.9 Å². The van der Waals surface area contributed by atoms with Crippen molar-refractivity contribution < 1.29 is 24.9 Å². The Labute approximate surface area is 215 Å². The van der Waals surface area contributed by atoms with E-state index in [2.05, 4.69) is 9.88 Å². The lowest BCUT2D eigenvalue weighted by Crippen LogP contribution is -2.33. The molecule has 1 aliphatic heterocycles. The molecule has 0 amide bonds. The molecule has 9 heteroatoms. The summed E-state index contributed by atoms with van der Waals surface area (Å²) in [4.78, 5) is 33.1. The molecule has 0 aliphatic carbocycles. The topological polar surface area (TPSA) is 125 Å². The average Bonchev–Trinajstić information content (AvgIpc) is 2.90. The van der Waals surface area contributed by atoms with Gasteiger partial charge in [0.2, 0.25) is 0 Å². The van der Waals surface area contributed by atoms with Crippen molar-refractivity contribution in [3.63, 3.8) is 0 Å². The lowest BCUT2D eigenvalue weighted by atomic mass is 9.88. The van der Waals surface area contributed by atoms with Crippen LogP contribution >= 0.6 is 0 Å². The number of aryl methyl sites for hydroxylation is 2. The van der Waals surface area contributed by atoms with Gasteiger partial charge in [-0.05, 0) is 62.4 Å². The Morgan fingerprint density at radius 3 is 2.51 bits per heavy atom. The number of esters is 1. The monoisotopic (exact) mass is 507 g/mol. The number of nitrogens with zero attached hydrogens (tertiary/aromatic N) is 3.